The van der Waals surface area contributed by atoms with E-state index in [4.69, 9.17) is 4.74 Å². The average molecular weight is 385 g/mol. The fraction of sp³-hybridized carbons (Fsp3) is 0.250. The molecule has 0 radical (unpaired) electrons. The molecule has 0 bridgehead atoms. The van der Waals surface area contributed by atoms with E-state index >= 15 is 0 Å². The van der Waals surface area contributed by atoms with E-state index in [9.17, 15) is 13.5 Å². The van der Waals surface area contributed by atoms with Gasteiger partial charge in [0.2, 0.25) is 0 Å². The Morgan fingerprint density at radius 3 is 2.50 bits per heavy atom. The Hall–Kier alpha value is -1.37. The first-order valence-electron chi connectivity index (χ1n) is 6.67. The zero-order valence-corrected chi connectivity index (χ0v) is 14.5. The molecule has 0 saturated carbocycles. The van der Waals surface area contributed by atoms with Crippen LogP contribution in [-0.2, 0) is 16.4 Å². The van der Waals surface area contributed by atoms with E-state index in [2.05, 4.69) is 15.9 Å². The highest BCUT2D eigenvalue weighted by molar-refractivity contribution is 9.10. The molecule has 0 heterocycles. The standard InChI is InChI=1S/C16H17BrO4S/c1-22(19,20)11-15(18)14-8-7-13(17)9-16(14)21-10-12-5-3-2-4-6-12/h2-9,15,18H,10-11H2,1H3. The third-order valence-corrected chi connectivity index (χ3v) is 4.45. The van der Waals surface area contributed by atoms with E-state index < -0.39 is 15.9 Å². The minimum atomic E-state index is -3.28. The molecule has 0 fully saturated rings. The van der Waals surface area contributed by atoms with Crippen LogP contribution in [0.25, 0.3) is 0 Å². The predicted molar refractivity (Wildman–Crippen MR) is 89.6 cm³/mol. The van der Waals surface area contributed by atoms with Gasteiger partial charge in [-0.15, -0.1) is 0 Å². The second-order valence-corrected chi connectivity index (χ2v) is 8.17. The molecule has 1 N–H and O–H groups in total. The van der Waals surface area contributed by atoms with Gasteiger partial charge in [-0.05, 0) is 17.7 Å². The van der Waals surface area contributed by atoms with E-state index in [1.807, 2.05) is 30.3 Å². The Morgan fingerprint density at radius 1 is 1.18 bits per heavy atom. The van der Waals surface area contributed by atoms with Crippen molar-refractivity contribution in [3.05, 3.63) is 64.1 Å². The van der Waals surface area contributed by atoms with Crippen LogP contribution in [0.3, 0.4) is 0 Å². The van der Waals surface area contributed by atoms with Crippen molar-refractivity contribution in [2.45, 2.75) is 12.7 Å². The molecule has 4 nitrogen and oxygen atoms in total. The lowest BCUT2D eigenvalue weighted by Crippen LogP contribution is -2.14. The second kappa shape index (κ2) is 7.26. The molecular weight excluding hydrogens is 368 g/mol. The van der Waals surface area contributed by atoms with Gasteiger partial charge in [0.25, 0.3) is 0 Å². The molecule has 2 rings (SSSR count). The lowest BCUT2D eigenvalue weighted by atomic mass is 10.1. The van der Waals surface area contributed by atoms with E-state index in [-0.39, 0.29) is 5.75 Å². The van der Waals surface area contributed by atoms with Gasteiger partial charge in [0, 0.05) is 16.3 Å². The number of aliphatic hydroxyl groups excluding tert-OH is 1. The van der Waals surface area contributed by atoms with Crippen LogP contribution < -0.4 is 4.74 Å². The quantitative estimate of drug-likeness (QED) is 0.830. The van der Waals surface area contributed by atoms with Gasteiger partial charge in [-0.1, -0.05) is 52.3 Å². The van der Waals surface area contributed by atoms with Crippen LogP contribution in [0.1, 0.15) is 17.2 Å². The number of aliphatic hydroxyl groups is 1. The molecule has 0 spiro atoms. The largest absolute Gasteiger partial charge is 0.488 e. The number of ether oxygens (including phenoxy) is 1. The van der Waals surface area contributed by atoms with Crippen LogP contribution >= 0.6 is 15.9 Å². The molecule has 2 aromatic rings. The Morgan fingerprint density at radius 2 is 1.86 bits per heavy atom. The maximum atomic E-state index is 11.4. The van der Waals surface area contributed by atoms with Crippen molar-refractivity contribution < 1.29 is 18.3 Å². The van der Waals surface area contributed by atoms with Crippen LogP contribution in [0.4, 0.5) is 0 Å². The first-order chi connectivity index (χ1) is 10.3. The van der Waals surface area contributed by atoms with E-state index in [1.165, 1.54) is 0 Å². The van der Waals surface area contributed by atoms with E-state index in [1.54, 1.807) is 18.2 Å². The van der Waals surface area contributed by atoms with Gasteiger partial charge in [-0.3, -0.25) is 0 Å². The number of benzene rings is 2. The first-order valence-corrected chi connectivity index (χ1v) is 9.52. The maximum Gasteiger partial charge on any atom is 0.150 e. The lowest BCUT2D eigenvalue weighted by Gasteiger charge is -2.16. The summed E-state index contributed by atoms with van der Waals surface area (Å²) in [5, 5.41) is 10.2. The summed E-state index contributed by atoms with van der Waals surface area (Å²) < 4.78 is 29.3. The van der Waals surface area contributed by atoms with Crippen molar-refractivity contribution in [2.24, 2.45) is 0 Å². The number of hydrogen-bond donors (Lipinski definition) is 1. The van der Waals surface area contributed by atoms with Gasteiger partial charge in [-0.25, -0.2) is 8.42 Å². The minimum Gasteiger partial charge on any atom is -0.488 e. The molecule has 0 amide bonds. The highest BCUT2D eigenvalue weighted by Crippen LogP contribution is 2.30. The molecular formula is C16H17BrO4S. The van der Waals surface area contributed by atoms with Crippen LogP contribution in [0.5, 0.6) is 5.75 Å². The SMILES string of the molecule is CS(=O)(=O)CC(O)c1ccc(Br)cc1OCc1ccccc1. The normalized spacial score (nSPS) is 12.9. The van der Waals surface area contributed by atoms with Crippen molar-refractivity contribution in [2.75, 3.05) is 12.0 Å². The van der Waals surface area contributed by atoms with E-state index in [0.717, 1.165) is 16.3 Å². The summed E-state index contributed by atoms with van der Waals surface area (Å²) in [5.74, 6) is 0.130. The Kier molecular flexibility index (Phi) is 5.61. The summed E-state index contributed by atoms with van der Waals surface area (Å²) >= 11 is 3.35. The Labute approximate surface area is 138 Å². The predicted octanol–water partition coefficient (Wildman–Crippen LogP) is 3.11. The first kappa shape index (κ1) is 17.0. The number of halogens is 1. The molecule has 118 valence electrons. The molecule has 0 aliphatic heterocycles. The maximum absolute atomic E-state index is 11.4. The minimum absolute atomic E-state index is 0.337. The summed E-state index contributed by atoms with van der Waals surface area (Å²) in [6.07, 6.45) is -0.0200. The van der Waals surface area contributed by atoms with Gasteiger partial charge < -0.3 is 9.84 Å². The number of rotatable bonds is 6. The van der Waals surface area contributed by atoms with Gasteiger partial charge in [-0.2, -0.15) is 0 Å². The highest BCUT2D eigenvalue weighted by Gasteiger charge is 2.19. The fourth-order valence-corrected chi connectivity index (χ4v) is 3.11. The smallest absolute Gasteiger partial charge is 0.150 e. The number of sulfone groups is 1. The Balaban J connectivity index is 2.20. The van der Waals surface area contributed by atoms with E-state index in [0.29, 0.717) is 17.9 Å². The topological polar surface area (TPSA) is 63.6 Å². The van der Waals surface area contributed by atoms with Crippen molar-refractivity contribution in [3.8, 4) is 5.75 Å². The second-order valence-electron chi connectivity index (χ2n) is 5.06. The van der Waals surface area contributed by atoms with Gasteiger partial charge >= 0.3 is 0 Å². The van der Waals surface area contributed by atoms with Gasteiger partial charge in [0.15, 0.2) is 0 Å². The van der Waals surface area contributed by atoms with Gasteiger partial charge in [0.1, 0.15) is 22.2 Å². The summed E-state index contributed by atoms with van der Waals surface area (Å²) in [7, 11) is -3.28. The molecule has 1 unspecified atom stereocenters. The monoisotopic (exact) mass is 384 g/mol. The van der Waals surface area contributed by atoms with Crippen molar-refractivity contribution in [3.63, 3.8) is 0 Å². The van der Waals surface area contributed by atoms with Crippen molar-refractivity contribution in [1.82, 2.24) is 0 Å². The molecule has 6 heteroatoms. The van der Waals surface area contributed by atoms with Crippen LogP contribution in [0.15, 0.2) is 53.0 Å². The zero-order valence-electron chi connectivity index (χ0n) is 12.1. The van der Waals surface area contributed by atoms with Crippen LogP contribution in [0, 0.1) is 0 Å². The molecule has 0 aromatic heterocycles. The summed E-state index contributed by atoms with van der Waals surface area (Å²) in [6, 6.07) is 14.8. The average Bonchev–Trinajstić information content (AvgIpc) is 2.44. The summed E-state index contributed by atoms with van der Waals surface area (Å²) in [6.45, 7) is 0.343. The molecule has 1 atom stereocenters. The summed E-state index contributed by atoms with van der Waals surface area (Å²) in [4.78, 5) is 0. The summed E-state index contributed by atoms with van der Waals surface area (Å²) in [5.41, 5.74) is 1.45. The van der Waals surface area contributed by atoms with Gasteiger partial charge in [0.05, 0.1) is 11.9 Å². The molecule has 0 aliphatic carbocycles. The third kappa shape index (κ3) is 5.12. The molecule has 2 aromatic carbocycles. The fourth-order valence-electron chi connectivity index (χ4n) is 2.02. The number of hydrogen-bond acceptors (Lipinski definition) is 4. The van der Waals surface area contributed by atoms with Crippen molar-refractivity contribution in [1.29, 1.82) is 0 Å². The Bertz CT molecular complexity index is 729. The molecule has 22 heavy (non-hydrogen) atoms. The van der Waals surface area contributed by atoms with Crippen LogP contribution in [0.2, 0.25) is 0 Å². The molecule has 0 saturated heterocycles. The highest BCUT2D eigenvalue weighted by atomic mass is 79.9. The molecule has 0 aliphatic rings. The lowest BCUT2D eigenvalue weighted by molar-refractivity contribution is 0.192. The van der Waals surface area contributed by atoms with Crippen molar-refractivity contribution >= 4 is 25.8 Å². The zero-order chi connectivity index (χ0) is 16.2. The van der Waals surface area contributed by atoms with Crippen LogP contribution in [-0.4, -0.2) is 25.5 Å². The third-order valence-electron chi connectivity index (χ3n) is 3.03.